The molecule has 0 saturated carbocycles. The predicted molar refractivity (Wildman–Crippen MR) is 82.9 cm³/mol. The Bertz CT molecular complexity index is 500. The molecule has 0 spiro atoms. The number of anilines is 1. The van der Waals surface area contributed by atoms with Gasteiger partial charge in [-0.3, -0.25) is 0 Å². The Morgan fingerprint density at radius 3 is 2.42 bits per heavy atom. The number of aryl methyl sites for hydroxylation is 2. The number of nitrogens with zero attached hydrogens (tertiary/aromatic N) is 2. The predicted octanol–water partition coefficient (Wildman–Crippen LogP) is 3.47. The second kappa shape index (κ2) is 6.17. The third kappa shape index (κ3) is 3.55. The zero-order chi connectivity index (χ0) is 13.8. The van der Waals surface area contributed by atoms with E-state index in [0.29, 0.717) is 6.04 Å². The van der Waals surface area contributed by atoms with Crippen LogP contribution >= 0.6 is 11.3 Å². The summed E-state index contributed by atoms with van der Waals surface area (Å²) in [5, 5.41) is 4.46. The van der Waals surface area contributed by atoms with Crippen molar-refractivity contribution in [3.05, 3.63) is 46.5 Å². The molecule has 2 rings (SSSR count). The van der Waals surface area contributed by atoms with Gasteiger partial charge in [-0.2, -0.15) is 0 Å². The average molecular weight is 275 g/mol. The van der Waals surface area contributed by atoms with Crippen LogP contribution < -0.4 is 5.32 Å². The minimum Gasteiger partial charge on any atom is -0.360 e. The third-order valence-corrected chi connectivity index (χ3v) is 4.31. The quantitative estimate of drug-likeness (QED) is 0.905. The summed E-state index contributed by atoms with van der Waals surface area (Å²) in [7, 11) is 4.22. The highest BCUT2D eigenvalue weighted by atomic mass is 32.1. The van der Waals surface area contributed by atoms with Crippen LogP contribution in [0, 0.1) is 13.8 Å². The molecule has 1 aromatic carbocycles. The summed E-state index contributed by atoms with van der Waals surface area (Å²) in [5.41, 5.74) is 2.44. The molecule has 0 aliphatic heterocycles. The van der Waals surface area contributed by atoms with Gasteiger partial charge in [0.1, 0.15) is 0 Å². The summed E-state index contributed by atoms with van der Waals surface area (Å²) in [6.45, 7) is 5.03. The van der Waals surface area contributed by atoms with E-state index in [2.05, 4.69) is 73.5 Å². The molecule has 2 aromatic rings. The van der Waals surface area contributed by atoms with Gasteiger partial charge in [-0.05, 0) is 33.5 Å². The molecule has 19 heavy (non-hydrogen) atoms. The first-order valence-corrected chi connectivity index (χ1v) is 7.29. The van der Waals surface area contributed by atoms with Crippen LogP contribution in [0.2, 0.25) is 0 Å². The van der Waals surface area contributed by atoms with Gasteiger partial charge >= 0.3 is 0 Å². The van der Waals surface area contributed by atoms with E-state index in [1.807, 2.05) is 0 Å². The maximum absolute atomic E-state index is 4.52. The third-order valence-electron chi connectivity index (χ3n) is 3.28. The molecule has 0 saturated heterocycles. The van der Waals surface area contributed by atoms with Gasteiger partial charge in [-0.25, -0.2) is 4.98 Å². The first kappa shape index (κ1) is 14.0. The highest BCUT2D eigenvalue weighted by Gasteiger charge is 2.14. The lowest BCUT2D eigenvalue weighted by molar-refractivity contribution is 0.312. The number of rotatable bonds is 5. The van der Waals surface area contributed by atoms with E-state index in [9.17, 15) is 0 Å². The Morgan fingerprint density at radius 2 is 1.89 bits per heavy atom. The summed E-state index contributed by atoms with van der Waals surface area (Å²) in [5.74, 6) is 0. The van der Waals surface area contributed by atoms with Gasteiger partial charge in [0.15, 0.2) is 5.13 Å². The van der Waals surface area contributed by atoms with E-state index in [1.165, 1.54) is 10.4 Å². The lowest BCUT2D eigenvalue weighted by Crippen LogP contribution is -2.26. The topological polar surface area (TPSA) is 28.2 Å². The van der Waals surface area contributed by atoms with Gasteiger partial charge in [0, 0.05) is 11.4 Å². The molecule has 0 bridgehead atoms. The van der Waals surface area contributed by atoms with Crippen molar-refractivity contribution < 1.29 is 0 Å². The molecule has 0 aliphatic carbocycles. The smallest absolute Gasteiger partial charge is 0.183 e. The Hall–Kier alpha value is -1.39. The summed E-state index contributed by atoms with van der Waals surface area (Å²) in [6.07, 6.45) is 0. The van der Waals surface area contributed by atoms with Crippen LogP contribution in [0.15, 0.2) is 30.3 Å². The summed E-state index contributed by atoms with van der Waals surface area (Å²) in [4.78, 5) is 8.04. The van der Waals surface area contributed by atoms with Crippen molar-refractivity contribution in [1.82, 2.24) is 9.88 Å². The summed E-state index contributed by atoms with van der Waals surface area (Å²) < 4.78 is 0. The molecule has 1 atom stereocenters. The van der Waals surface area contributed by atoms with Crippen molar-refractivity contribution in [3.8, 4) is 0 Å². The normalized spacial score (nSPS) is 12.7. The van der Waals surface area contributed by atoms with Crippen LogP contribution in [-0.4, -0.2) is 30.5 Å². The number of hydrogen-bond acceptors (Lipinski definition) is 4. The zero-order valence-electron chi connectivity index (χ0n) is 12.0. The molecule has 1 heterocycles. The summed E-state index contributed by atoms with van der Waals surface area (Å²) >= 11 is 1.72. The van der Waals surface area contributed by atoms with Gasteiger partial charge in [-0.15, -0.1) is 11.3 Å². The van der Waals surface area contributed by atoms with Crippen molar-refractivity contribution in [2.45, 2.75) is 19.9 Å². The van der Waals surface area contributed by atoms with E-state index >= 15 is 0 Å². The number of nitrogens with one attached hydrogen (secondary N) is 1. The van der Waals surface area contributed by atoms with E-state index < -0.39 is 0 Å². The second-order valence-corrected chi connectivity index (χ2v) is 6.13. The monoisotopic (exact) mass is 275 g/mol. The Labute approximate surface area is 119 Å². The molecule has 0 aliphatic rings. The van der Waals surface area contributed by atoms with Gasteiger partial charge in [0.2, 0.25) is 0 Å². The van der Waals surface area contributed by atoms with Crippen molar-refractivity contribution >= 4 is 16.5 Å². The van der Waals surface area contributed by atoms with Gasteiger partial charge in [0.25, 0.3) is 0 Å². The molecule has 102 valence electrons. The SMILES string of the molecule is Cc1nc(NCC(c2ccccc2)N(C)C)sc1C. The van der Waals surface area contributed by atoms with Crippen LogP contribution in [-0.2, 0) is 0 Å². The molecule has 0 radical (unpaired) electrons. The minimum absolute atomic E-state index is 0.353. The molecule has 0 amide bonds. The standard InChI is InChI=1S/C15H21N3S/c1-11-12(2)19-15(17-11)16-10-14(18(3)4)13-8-6-5-7-9-13/h5-9,14H,10H2,1-4H3,(H,16,17). The molecule has 1 N–H and O–H groups in total. The highest BCUT2D eigenvalue weighted by Crippen LogP contribution is 2.23. The average Bonchev–Trinajstić information content (AvgIpc) is 2.70. The molecule has 4 heteroatoms. The first-order valence-electron chi connectivity index (χ1n) is 6.47. The van der Waals surface area contributed by atoms with E-state index in [-0.39, 0.29) is 0 Å². The van der Waals surface area contributed by atoms with Crippen LogP contribution in [0.4, 0.5) is 5.13 Å². The van der Waals surface area contributed by atoms with Crippen LogP contribution in [0.25, 0.3) is 0 Å². The number of thiazole rings is 1. The van der Waals surface area contributed by atoms with Gasteiger partial charge in [-0.1, -0.05) is 30.3 Å². The Morgan fingerprint density at radius 1 is 1.21 bits per heavy atom. The van der Waals surface area contributed by atoms with Crippen molar-refractivity contribution in [2.75, 3.05) is 26.0 Å². The van der Waals surface area contributed by atoms with Gasteiger partial charge < -0.3 is 10.2 Å². The van der Waals surface area contributed by atoms with Crippen LogP contribution in [0.3, 0.4) is 0 Å². The van der Waals surface area contributed by atoms with Crippen LogP contribution in [0.1, 0.15) is 22.2 Å². The molecule has 3 nitrogen and oxygen atoms in total. The minimum atomic E-state index is 0.353. The van der Waals surface area contributed by atoms with Crippen molar-refractivity contribution in [2.24, 2.45) is 0 Å². The lowest BCUT2D eigenvalue weighted by atomic mass is 10.1. The largest absolute Gasteiger partial charge is 0.360 e. The maximum atomic E-state index is 4.52. The number of hydrogen-bond donors (Lipinski definition) is 1. The fraction of sp³-hybridized carbons (Fsp3) is 0.400. The van der Waals surface area contributed by atoms with Crippen molar-refractivity contribution in [3.63, 3.8) is 0 Å². The van der Waals surface area contributed by atoms with E-state index in [0.717, 1.165) is 17.4 Å². The highest BCUT2D eigenvalue weighted by molar-refractivity contribution is 7.15. The lowest BCUT2D eigenvalue weighted by Gasteiger charge is -2.24. The zero-order valence-corrected chi connectivity index (χ0v) is 12.8. The Balaban J connectivity index is 2.06. The fourth-order valence-electron chi connectivity index (χ4n) is 2.01. The number of likely N-dealkylation sites (N-methyl/N-ethyl adjacent to an activating group) is 1. The van der Waals surface area contributed by atoms with Gasteiger partial charge in [0.05, 0.1) is 11.7 Å². The van der Waals surface area contributed by atoms with E-state index in [1.54, 1.807) is 11.3 Å². The fourth-order valence-corrected chi connectivity index (χ4v) is 2.83. The Kier molecular flexibility index (Phi) is 4.56. The summed E-state index contributed by atoms with van der Waals surface area (Å²) in [6, 6.07) is 10.9. The first-order chi connectivity index (χ1) is 9.08. The molecule has 0 fully saturated rings. The number of benzene rings is 1. The second-order valence-electron chi connectivity index (χ2n) is 4.93. The molecule has 1 aromatic heterocycles. The number of aromatic nitrogens is 1. The molecule has 1 unspecified atom stereocenters. The van der Waals surface area contributed by atoms with E-state index in [4.69, 9.17) is 0 Å². The molecular formula is C15H21N3S. The van der Waals surface area contributed by atoms with Crippen molar-refractivity contribution in [1.29, 1.82) is 0 Å². The maximum Gasteiger partial charge on any atom is 0.183 e. The molecular weight excluding hydrogens is 254 g/mol. The van der Waals surface area contributed by atoms with Crippen LogP contribution in [0.5, 0.6) is 0 Å².